The maximum Gasteiger partial charge on any atom is 0.137 e. The molecule has 3 rings (SSSR count). The highest BCUT2D eigenvalue weighted by molar-refractivity contribution is 6.30. The van der Waals surface area contributed by atoms with Crippen molar-refractivity contribution in [2.45, 2.75) is 51.5 Å². The van der Waals surface area contributed by atoms with Crippen molar-refractivity contribution in [2.75, 3.05) is 31.1 Å². The average molecular weight is 309 g/mol. The van der Waals surface area contributed by atoms with Gasteiger partial charge in [-0.3, -0.25) is 4.90 Å². The monoisotopic (exact) mass is 308 g/mol. The molecule has 0 N–H and O–H groups in total. The van der Waals surface area contributed by atoms with Crippen LogP contribution in [0.4, 0.5) is 5.82 Å². The Morgan fingerprint density at radius 3 is 2.52 bits per heavy atom. The number of anilines is 1. The van der Waals surface area contributed by atoms with E-state index in [1.807, 2.05) is 0 Å². The minimum atomic E-state index is 0.625. The summed E-state index contributed by atoms with van der Waals surface area (Å²) >= 11 is 6.27. The minimum absolute atomic E-state index is 0.625. The lowest BCUT2D eigenvalue weighted by Gasteiger charge is -2.39. The fourth-order valence-electron chi connectivity index (χ4n) is 3.69. The first-order valence-corrected chi connectivity index (χ1v) is 8.65. The summed E-state index contributed by atoms with van der Waals surface area (Å²) < 4.78 is 0. The second kappa shape index (κ2) is 6.93. The Kier molecular flexibility index (Phi) is 4.96. The van der Waals surface area contributed by atoms with Crippen LogP contribution in [0.2, 0.25) is 5.15 Å². The van der Waals surface area contributed by atoms with Crippen LogP contribution >= 0.6 is 11.6 Å². The maximum absolute atomic E-state index is 6.27. The van der Waals surface area contributed by atoms with E-state index in [1.54, 1.807) is 6.33 Å². The van der Waals surface area contributed by atoms with Crippen LogP contribution in [-0.2, 0) is 6.42 Å². The van der Waals surface area contributed by atoms with Crippen LogP contribution in [0, 0.1) is 0 Å². The lowest BCUT2D eigenvalue weighted by Crippen LogP contribution is -2.50. The highest BCUT2D eigenvalue weighted by Crippen LogP contribution is 2.28. The van der Waals surface area contributed by atoms with Gasteiger partial charge in [0.05, 0.1) is 0 Å². The smallest absolute Gasteiger partial charge is 0.137 e. The van der Waals surface area contributed by atoms with E-state index in [2.05, 4.69) is 26.7 Å². The zero-order valence-electron chi connectivity index (χ0n) is 12.9. The van der Waals surface area contributed by atoms with Crippen molar-refractivity contribution in [3.05, 3.63) is 17.0 Å². The SMILES string of the molecule is CCCc1c(Cl)ncnc1N1CCN(C2CCCC2)CC1. The molecule has 0 amide bonds. The van der Waals surface area contributed by atoms with Gasteiger partial charge in [-0.2, -0.15) is 0 Å². The van der Waals surface area contributed by atoms with E-state index in [1.165, 1.54) is 25.7 Å². The average Bonchev–Trinajstić information content (AvgIpc) is 3.04. The molecule has 21 heavy (non-hydrogen) atoms. The highest BCUT2D eigenvalue weighted by atomic mass is 35.5. The summed E-state index contributed by atoms with van der Waals surface area (Å²) in [5.74, 6) is 1.06. The van der Waals surface area contributed by atoms with Gasteiger partial charge in [-0.25, -0.2) is 9.97 Å². The number of rotatable bonds is 4. The van der Waals surface area contributed by atoms with E-state index < -0.39 is 0 Å². The number of piperazine rings is 1. The first-order valence-electron chi connectivity index (χ1n) is 8.28. The molecule has 1 aliphatic carbocycles. The van der Waals surface area contributed by atoms with Crippen molar-refractivity contribution in [3.8, 4) is 0 Å². The molecule has 0 radical (unpaired) electrons. The molecule has 1 saturated carbocycles. The molecular weight excluding hydrogens is 284 g/mol. The van der Waals surface area contributed by atoms with E-state index in [-0.39, 0.29) is 0 Å². The van der Waals surface area contributed by atoms with Gasteiger partial charge < -0.3 is 4.90 Å². The molecule has 0 spiro atoms. The zero-order chi connectivity index (χ0) is 14.7. The van der Waals surface area contributed by atoms with Crippen molar-refractivity contribution < 1.29 is 0 Å². The topological polar surface area (TPSA) is 32.3 Å². The molecule has 2 aliphatic rings. The Morgan fingerprint density at radius 1 is 1.14 bits per heavy atom. The summed E-state index contributed by atoms with van der Waals surface area (Å²) in [6.45, 7) is 6.59. The van der Waals surface area contributed by atoms with Crippen molar-refractivity contribution in [2.24, 2.45) is 0 Å². The largest absolute Gasteiger partial charge is 0.354 e. The van der Waals surface area contributed by atoms with Crippen LogP contribution in [0.15, 0.2) is 6.33 Å². The first-order chi connectivity index (χ1) is 10.3. The normalized spacial score (nSPS) is 21.1. The Morgan fingerprint density at radius 2 is 1.86 bits per heavy atom. The molecule has 1 saturated heterocycles. The molecule has 1 aliphatic heterocycles. The molecule has 0 aromatic carbocycles. The third kappa shape index (κ3) is 3.32. The Hall–Kier alpha value is -0.870. The minimum Gasteiger partial charge on any atom is -0.354 e. The van der Waals surface area contributed by atoms with E-state index in [9.17, 15) is 0 Å². The van der Waals surface area contributed by atoms with Gasteiger partial charge in [0.2, 0.25) is 0 Å². The predicted octanol–water partition coefficient (Wildman–Crippen LogP) is 3.15. The maximum atomic E-state index is 6.27. The Labute approximate surface area is 132 Å². The van der Waals surface area contributed by atoms with Crippen molar-refractivity contribution in [1.82, 2.24) is 14.9 Å². The second-order valence-corrected chi connectivity index (χ2v) is 6.54. The van der Waals surface area contributed by atoms with Crippen LogP contribution in [-0.4, -0.2) is 47.1 Å². The van der Waals surface area contributed by atoms with Gasteiger partial charge in [-0.15, -0.1) is 0 Å². The molecule has 0 bridgehead atoms. The van der Waals surface area contributed by atoms with Gasteiger partial charge in [0.25, 0.3) is 0 Å². The van der Waals surface area contributed by atoms with Gasteiger partial charge in [0.1, 0.15) is 17.3 Å². The summed E-state index contributed by atoms with van der Waals surface area (Å²) in [7, 11) is 0. The lowest BCUT2D eigenvalue weighted by molar-refractivity contribution is 0.187. The van der Waals surface area contributed by atoms with Crippen LogP contribution in [0.1, 0.15) is 44.6 Å². The lowest BCUT2D eigenvalue weighted by atomic mass is 10.1. The zero-order valence-corrected chi connectivity index (χ0v) is 13.6. The van der Waals surface area contributed by atoms with Gasteiger partial charge >= 0.3 is 0 Å². The van der Waals surface area contributed by atoms with Gasteiger partial charge in [-0.1, -0.05) is 37.8 Å². The number of hydrogen-bond donors (Lipinski definition) is 0. The Balaban J connectivity index is 1.67. The molecular formula is C16H25ClN4. The van der Waals surface area contributed by atoms with E-state index in [0.29, 0.717) is 5.15 Å². The van der Waals surface area contributed by atoms with E-state index in [0.717, 1.165) is 56.4 Å². The second-order valence-electron chi connectivity index (χ2n) is 6.18. The highest BCUT2D eigenvalue weighted by Gasteiger charge is 2.27. The van der Waals surface area contributed by atoms with Gasteiger partial charge in [0, 0.05) is 37.8 Å². The van der Waals surface area contributed by atoms with Gasteiger partial charge in [0.15, 0.2) is 0 Å². The van der Waals surface area contributed by atoms with E-state index >= 15 is 0 Å². The number of hydrogen-bond acceptors (Lipinski definition) is 4. The number of nitrogens with zero attached hydrogens (tertiary/aromatic N) is 4. The third-order valence-corrected chi connectivity index (χ3v) is 5.15. The number of halogens is 1. The van der Waals surface area contributed by atoms with Gasteiger partial charge in [-0.05, 0) is 19.3 Å². The molecule has 1 aromatic rings. The summed E-state index contributed by atoms with van der Waals surface area (Å²) in [6, 6.07) is 0.830. The predicted molar refractivity (Wildman–Crippen MR) is 87.1 cm³/mol. The summed E-state index contributed by atoms with van der Waals surface area (Å²) in [5.41, 5.74) is 1.12. The molecule has 1 aromatic heterocycles. The van der Waals surface area contributed by atoms with Crippen LogP contribution < -0.4 is 4.90 Å². The van der Waals surface area contributed by atoms with Crippen LogP contribution in [0.25, 0.3) is 0 Å². The first kappa shape index (κ1) is 15.0. The van der Waals surface area contributed by atoms with Crippen molar-refractivity contribution in [3.63, 3.8) is 0 Å². The summed E-state index contributed by atoms with van der Waals surface area (Å²) in [4.78, 5) is 13.7. The van der Waals surface area contributed by atoms with Crippen molar-refractivity contribution in [1.29, 1.82) is 0 Å². The summed E-state index contributed by atoms with van der Waals surface area (Å²) in [6.07, 6.45) is 9.22. The third-order valence-electron chi connectivity index (χ3n) is 4.82. The van der Waals surface area contributed by atoms with Crippen LogP contribution in [0.3, 0.4) is 0 Å². The molecule has 116 valence electrons. The quantitative estimate of drug-likeness (QED) is 0.800. The molecule has 0 unspecified atom stereocenters. The molecule has 2 heterocycles. The Bertz CT molecular complexity index is 465. The van der Waals surface area contributed by atoms with E-state index in [4.69, 9.17) is 11.6 Å². The number of aromatic nitrogens is 2. The van der Waals surface area contributed by atoms with Crippen LogP contribution in [0.5, 0.6) is 0 Å². The summed E-state index contributed by atoms with van der Waals surface area (Å²) in [5, 5.41) is 0.625. The molecule has 2 fully saturated rings. The molecule has 0 atom stereocenters. The fourth-order valence-corrected chi connectivity index (χ4v) is 3.91. The fraction of sp³-hybridized carbons (Fsp3) is 0.750. The standard InChI is InChI=1S/C16H25ClN4/c1-2-5-14-15(17)18-12-19-16(14)21-10-8-20(9-11-21)13-6-3-4-7-13/h12-13H,2-11H2,1H3. The molecule has 5 heteroatoms. The molecule has 4 nitrogen and oxygen atoms in total. The van der Waals surface area contributed by atoms with Crippen molar-refractivity contribution >= 4 is 17.4 Å².